The number of anilines is 1. The van der Waals surface area contributed by atoms with E-state index in [1.54, 1.807) is 18.2 Å². The Morgan fingerprint density at radius 3 is 2.41 bits per heavy atom. The molecule has 150 valence electrons. The van der Waals surface area contributed by atoms with Crippen molar-refractivity contribution >= 4 is 51.1 Å². The van der Waals surface area contributed by atoms with Crippen molar-refractivity contribution in [3.63, 3.8) is 0 Å². The van der Waals surface area contributed by atoms with E-state index in [0.29, 0.717) is 10.0 Å². The summed E-state index contributed by atoms with van der Waals surface area (Å²) in [6.45, 7) is -0.190. The number of carbonyl (C=O) groups is 3. The highest BCUT2D eigenvalue weighted by Gasteiger charge is 2.61. The van der Waals surface area contributed by atoms with Gasteiger partial charge < -0.3 is 10.2 Å². The molecule has 4 rings (SSSR count). The highest BCUT2D eigenvalue weighted by molar-refractivity contribution is 9.10. The molecule has 6 nitrogen and oxygen atoms in total. The summed E-state index contributed by atoms with van der Waals surface area (Å²) in [6, 6.07) is 6.51. The molecule has 0 radical (unpaired) electrons. The molecule has 1 atom stereocenters. The number of nitrogens with one attached hydrogen (secondary N) is 2. The molecule has 1 spiro atoms. The third-order valence-corrected chi connectivity index (χ3v) is 5.64. The van der Waals surface area contributed by atoms with Gasteiger partial charge in [-0.3, -0.25) is 14.9 Å². The number of rotatable bonds is 2. The zero-order valence-corrected chi connectivity index (χ0v) is 16.6. The summed E-state index contributed by atoms with van der Waals surface area (Å²) in [7, 11) is 0. The van der Waals surface area contributed by atoms with Crippen molar-refractivity contribution in [2.45, 2.75) is 18.3 Å². The van der Waals surface area contributed by atoms with E-state index < -0.39 is 35.1 Å². The molecule has 0 aromatic heterocycles. The maximum Gasteiger partial charge on any atom is 0.416 e. The van der Waals surface area contributed by atoms with E-state index in [2.05, 4.69) is 21.2 Å². The summed E-state index contributed by atoms with van der Waals surface area (Å²) in [6.07, 6.45) is -4.66. The van der Waals surface area contributed by atoms with Crippen molar-refractivity contribution in [2.24, 2.45) is 0 Å². The molecule has 2 aliphatic heterocycles. The lowest BCUT2D eigenvalue weighted by atomic mass is 9.91. The first-order chi connectivity index (χ1) is 13.5. The highest BCUT2D eigenvalue weighted by atomic mass is 79.9. The summed E-state index contributed by atoms with van der Waals surface area (Å²) in [5.74, 6) is -1.81. The first-order valence-electron chi connectivity index (χ1n) is 8.15. The zero-order valence-electron chi connectivity index (χ0n) is 14.2. The van der Waals surface area contributed by atoms with Crippen LogP contribution in [0.4, 0.5) is 23.7 Å². The highest BCUT2D eigenvalue weighted by Crippen LogP contribution is 2.45. The molecule has 1 saturated heterocycles. The van der Waals surface area contributed by atoms with E-state index in [-0.39, 0.29) is 22.8 Å². The lowest BCUT2D eigenvalue weighted by molar-refractivity contribution is -0.137. The second-order valence-corrected chi connectivity index (χ2v) is 7.84. The Morgan fingerprint density at radius 2 is 1.83 bits per heavy atom. The fourth-order valence-corrected chi connectivity index (χ4v) is 4.18. The molecule has 2 N–H and O–H groups in total. The van der Waals surface area contributed by atoms with Crippen LogP contribution in [0.3, 0.4) is 0 Å². The Morgan fingerprint density at radius 1 is 1.10 bits per heavy atom. The van der Waals surface area contributed by atoms with Gasteiger partial charge in [-0.2, -0.15) is 13.2 Å². The minimum absolute atomic E-state index is 0.0351. The van der Waals surface area contributed by atoms with Crippen molar-refractivity contribution < 1.29 is 27.6 Å². The zero-order chi connectivity index (χ0) is 21.1. The van der Waals surface area contributed by atoms with Gasteiger partial charge in [0.1, 0.15) is 0 Å². The standard InChI is InChI=1S/C18H10BrClF3N3O3/c19-10-3-1-8(12(20)6-10)7-26-13-5-9(18(21,22)23)2-4-11(13)17(15(26)28)14(27)24-16(29)25-17/h1-6H,7H2,(H2,24,25,27,29). The number of carbonyl (C=O) groups excluding carboxylic acids is 3. The maximum atomic E-state index is 13.2. The molecule has 2 aromatic rings. The number of amides is 4. The molecular formula is C18H10BrClF3N3O3. The van der Waals surface area contributed by atoms with Crippen molar-refractivity contribution in [3.8, 4) is 0 Å². The van der Waals surface area contributed by atoms with Gasteiger partial charge in [-0.1, -0.05) is 39.7 Å². The largest absolute Gasteiger partial charge is 0.416 e. The van der Waals surface area contributed by atoms with Gasteiger partial charge in [0.25, 0.3) is 11.8 Å². The second-order valence-electron chi connectivity index (χ2n) is 6.51. The van der Waals surface area contributed by atoms with Gasteiger partial charge in [0, 0.05) is 15.1 Å². The summed E-state index contributed by atoms with van der Waals surface area (Å²) < 4.78 is 40.4. The summed E-state index contributed by atoms with van der Waals surface area (Å²) in [5.41, 5.74) is -2.81. The van der Waals surface area contributed by atoms with Crippen LogP contribution in [0, 0.1) is 0 Å². The van der Waals surface area contributed by atoms with Crippen LogP contribution in [0.2, 0.25) is 5.02 Å². The van der Waals surface area contributed by atoms with Gasteiger partial charge in [0.15, 0.2) is 0 Å². The van der Waals surface area contributed by atoms with Crippen LogP contribution in [0.15, 0.2) is 40.9 Å². The molecule has 1 unspecified atom stereocenters. The quantitative estimate of drug-likeness (QED) is 0.500. The van der Waals surface area contributed by atoms with Crippen molar-refractivity contribution in [3.05, 3.63) is 62.6 Å². The van der Waals surface area contributed by atoms with Gasteiger partial charge in [0.05, 0.1) is 17.8 Å². The van der Waals surface area contributed by atoms with Gasteiger partial charge in [-0.05, 0) is 29.8 Å². The number of hydrogen-bond donors (Lipinski definition) is 2. The van der Waals surface area contributed by atoms with Gasteiger partial charge in [0.2, 0.25) is 5.54 Å². The molecule has 2 aliphatic rings. The first kappa shape index (κ1) is 19.7. The van der Waals surface area contributed by atoms with Crippen LogP contribution < -0.4 is 15.5 Å². The molecule has 2 aromatic carbocycles. The maximum absolute atomic E-state index is 13.2. The van der Waals surface area contributed by atoms with E-state index >= 15 is 0 Å². The smallest absolute Gasteiger partial charge is 0.312 e. The third kappa shape index (κ3) is 2.98. The number of benzene rings is 2. The number of fused-ring (bicyclic) bond motifs is 2. The molecule has 0 saturated carbocycles. The van der Waals surface area contributed by atoms with E-state index in [4.69, 9.17) is 11.6 Å². The van der Waals surface area contributed by atoms with Crippen LogP contribution in [-0.4, -0.2) is 17.8 Å². The van der Waals surface area contributed by atoms with E-state index in [1.165, 1.54) is 0 Å². The van der Waals surface area contributed by atoms with Crippen LogP contribution in [0.25, 0.3) is 0 Å². The molecule has 29 heavy (non-hydrogen) atoms. The first-order valence-corrected chi connectivity index (χ1v) is 9.32. The molecule has 0 bridgehead atoms. The summed E-state index contributed by atoms with van der Waals surface area (Å²) >= 11 is 9.44. The van der Waals surface area contributed by atoms with Gasteiger partial charge in [-0.25, -0.2) is 4.79 Å². The SMILES string of the molecule is O=C1NC(=O)C2(N1)C(=O)N(Cc1ccc(Br)cc1Cl)c1cc(C(F)(F)F)ccc12. The molecule has 2 heterocycles. The molecule has 4 amide bonds. The van der Waals surface area contributed by atoms with E-state index in [0.717, 1.165) is 23.1 Å². The number of hydrogen-bond acceptors (Lipinski definition) is 3. The van der Waals surface area contributed by atoms with Crippen molar-refractivity contribution in [1.82, 2.24) is 10.6 Å². The average molecular weight is 489 g/mol. The molecule has 0 aliphatic carbocycles. The monoisotopic (exact) mass is 487 g/mol. The third-order valence-electron chi connectivity index (χ3n) is 4.80. The minimum atomic E-state index is -4.66. The Hall–Kier alpha value is -2.59. The summed E-state index contributed by atoms with van der Waals surface area (Å²) in [5, 5.41) is 4.53. The Balaban J connectivity index is 1.87. The Bertz CT molecular complexity index is 1090. The normalized spacial score (nSPS) is 20.9. The lowest BCUT2D eigenvalue weighted by Gasteiger charge is -2.21. The van der Waals surface area contributed by atoms with E-state index in [9.17, 15) is 27.6 Å². The van der Waals surface area contributed by atoms with Crippen molar-refractivity contribution in [2.75, 3.05) is 4.90 Å². The predicted octanol–water partition coefficient (Wildman–Crippen LogP) is 3.70. The lowest BCUT2D eigenvalue weighted by Crippen LogP contribution is -2.52. The Labute approximate surface area is 175 Å². The minimum Gasteiger partial charge on any atom is -0.312 e. The number of imide groups is 1. The average Bonchev–Trinajstić information content (AvgIpc) is 3.05. The van der Waals surface area contributed by atoms with Gasteiger partial charge in [-0.15, -0.1) is 0 Å². The van der Waals surface area contributed by atoms with Crippen LogP contribution >= 0.6 is 27.5 Å². The van der Waals surface area contributed by atoms with Crippen LogP contribution in [0.5, 0.6) is 0 Å². The second kappa shape index (κ2) is 6.46. The Kier molecular flexibility index (Phi) is 4.39. The topological polar surface area (TPSA) is 78.5 Å². The van der Waals surface area contributed by atoms with Crippen molar-refractivity contribution in [1.29, 1.82) is 0 Å². The van der Waals surface area contributed by atoms with Crippen LogP contribution in [-0.2, 0) is 27.8 Å². The number of urea groups is 1. The number of halogens is 5. The number of nitrogens with zero attached hydrogens (tertiary/aromatic N) is 1. The molecular weight excluding hydrogens is 479 g/mol. The predicted molar refractivity (Wildman–Crippen MR) is 100 cm³/mol. The van der Waals surface area contributed by atoms with Crippen LogP contribution in [0.1, 0.15) is 16.7 Å². The van der Waals surface area contributed by atoms with Gasteiger partial charge >= 0.3 is 12.2 Å². The fraction of sp³-hybridized carbons (Fsp3) is 0.167. The molecule has 1 fully saturated rings. The number of alkyl halides is 3. The molecule has 11 heteroatoms. The summed E-state index contributed by atoms with van der Waals surface area (Å²) in [4.78, 5) is 38.4. The fourth-order valence-electron chi connectivity index (χ4n) is 3.45. The van der Waals surface area contributed by atoms with E-state index in [1.807, 2.05) is 5.32 Å².